The van der Waals surface area contributed by atoms with Gasteiger partial charge in [0.15, 0.2) is 0 Å². The molecular weight excluding hydrogens is 323 g/mol. The number of anilines is 1. The number of fused-ring (bicyclic) bond motifs is 1. The number of aromatic amines is 2. The van der Waals surface area contributed by atoms with Gasteiger partial charge >= 0.3 is 11.7 Å². The molecule has 0 saturated heterocycles. The number of aromatic nitrogens is 2. The number of hydrogen-bond donors (Lipinski definition) is 4. The van der Waals surface area contributed by atoms with Crippen LogP contribution in [0.3, 0.4) is 0 Å². The molecule has 3 aromatic rings. The van der Waals surface area contributed by atoms with Gasteiger partial charge in [-0.3, -0.25) is 0 Å². The second kappa shape index (κ2) is 6.13. The van der Waals surface area contributed by atoms with Crippen LogP contribution in [0, 0.1) is 5.82 Å². The molecule has 118 valence electrons. The minimum atomic E-state index is -0.605. The average Bonchev–Trinajstić information content (AvgIpc) is 2.88. The maximum Gasteiger partial charge on any atom is 0.323 e. The lowest BCUT2D eigenvalue weighted by Crippen LogP contribution is -2.28. The van der Waals surface area contributed by atoms with Gasteiger partial charge in [0.1, 0.15) is 5.82 Å². The summed E-state index contributed by atoms with van der Waals surface area (Å²) in [6.45, 7) is 0.255. The molecule has 0 spiro atoms. The Kier molecular flexibility index (Phi) is 4.03. The lowest BCUT2D eigenvalue weighted by atomic mass is 10.2. The Balaban J connectivity index is 1.63. The van der Waals surface area contributed by atoms with Crippen molar-refractivity contribution >= 4 is 34.4 Å². The Hall–Kier alpha value is -2.80. The fourth-order valence-electron chi connectivity index (χ4n) is 2.12. The fourth-order valence-corrected chi connectivity index (χ4v) is 2.24. The van der Waals surface area contributed by atoms with Crippen molar-refractivity contribution in [1.29, 1.82) is 0 Å². The molecule has 4 N–H and O–H groups in total. The van der Waals surface area contributed by atoms with Gasteiger partial charge in [-0.1, -0.05) is 17.7 Å². The molecular formula is C15H12ClFN4O2. The molecule has 0 fully saturated rings. The number of carbonyl (C=O) groups is 1. The maximum atomic E-state index is 13.3. The molecule has 1 heterocycles. The van der Waals surface area contributed by atoms with Gasteiger partial charge in [0, 0.05) is 12.2 Å². The average molecular weight is 335 g/mol. The number of hydrogen-bond acceptors (Lipinski definition) is 2. The van der Waals surface area contributed by atoms with Crippen molar-refractivity contribution in [3.05, 3.63) is 63.3 Å². The number of nitrogens with one attached hydrogen (secondary N) is 4. The highest BCUT2D eigenvalue weighted by Gasteiger charge is 2.06. The predicted molar refractivity (Wildman–Crippen MR) is 86.2 cm³/mol. The minimum absolute atomic E-state index is 0.00949. The number of halogens is 2. The first kappa shape index (κ1) is 15.1. The molecule has 2 amide bonds. The van der Waals surface area contributed by atoms with Gasteiger partial charge in [0.2, 0.25) is 0 Å². The number of rotatable bonds is 3. The molecule has 0 radical (unpaired) electrons. The van der Waals surface area contributed by atoms with Crippen LogP contribution in [0.2, 0.25) is 5.02 Å². The van der Waals surface area contributed by atoms with Crippen molar-refractivity contribution in [3.63, 3.8) is 0 Å². The molecule has 0 unspecified atom stereocenters. The van der Waals surface area contributed by atoms with Crippen molar-refractivity contribution in [2.45, 2.75) is 6.54 Å². The Morgan fingerprint density at radius 3 is 2.70 bits per heavy atom. The van der Waals surface area contributed by atoms with Crippen molar-refractivity contribution in [2.75, 3.05) is 5.32 Å². The van der Waals surface area contributed by atoms with Crippen LogP contribution in [-0.4, -0.2) is 16.0 Å². The maximum absolute atomic E-state index is 13.3. The van der Waals surface area contributed by atoms with Crippen LogP contribution in [-0.2, 0) is 6.54 Å². The Labute approximate surface area is 134 Å². The van der Waals surface area contributed by atoms with Gasteiger partial charge in [-0.2, -0.15) is 0 Å². The molecule has 2 aromatic carbocycles. The van der Waals surface area contributed by atoms with E-state index in [4.69, 9.17) is 11.6 Å². The third kappa shape index (κ3) is 3.51. The van der Waals surface area contributed by atoms with Crippen LogP contribution in [0.1, 0.15) is 5.56 Å². The highest BCUT2D eigenvalue weighted by atomic mass is 35.5. The van der Waals surface area contributed by atoms with E-state index in [1.54, 1.807) is 18.2 Å². The SMILES string of the molecule is O=C(NCc1ccc2[nH]c(=O)[nH]c2c1)Nc1ccc(Cl)c(F)c1. The molecule has 8 heteroatoms. The van der Waals surface area contributed by atoms with Crippen LogP contribution in [0.4, 0.5) is 14.9 Å². The van der Waals surface area contributed by atoms with E-state index in [0.717, 1.165) is 11.6 Å². The van der Waals surface area contributed by atoms with Gasteiger partial charge < -0.3 is 20.6 Å². The van der Waals surface area contributed by atoms with E-state index in [1.165, 1.54) is 12.1 Å². The highest BCUT2D eigenvalue weighted by Crippen LogP contribution is 2.18. The van der Waals surface area contributed by atoms with Gasteiger partial charge in [0.05, 0.1) is 16.1 Å². The van der Waals surface area contributed by atoms with Crippen molar-refractivity contribution < 1.29 is 9.18 Å². The zero-order chi connectivity index (χ0) is 16.4. The Bertz CT molecular complexity index is 935. The minimum Gasteiger partial charge on any atom is -0.334 e. The molecule has 0 aliphatic rings. The lowest BCUT2D eigenvalue weighted by Gasteiger charge is -2.08. The van der Waals surface area contributed by atoms with Crippen molar-refractivity contribution in [2.24, 2.45) is 0 Å². The molecule has 0 atom stereocenters. The quantitative estimate of drug-likeness (QED) is 0.593. The number of carbonyl (C=O) groups excluding carboxylic acids is 1. The Morgan fingerprint density at radius 2 is 1.91 bits per heavy atom. The normalized spacial score (nSPS) is 10.7. The monoisotopic (exact) mass is 334 g/mol. The topological polar surface area (TPSA) is 89.8 Å². The van der Waals surface area contributed by atoms with Crippen LogP contribution in [0.15, 0.2) is 41.2 Å². The van der Waals surface area contributed by atoms with E-state index in [9.17, 15) is 14.0 Å². The summed E-state index contributed by atoms with van der Waals surface area (Å²) in [6.07, 6.45) is 0. The number of amides is 2. The molecule has 0 saturated carbocycles. The highest BCUT2D eigenvalue weighted by molar-refractivity contribution is 6.30. The fraction of sp³-hybridized carbons (Fsp3) is 0.0667. The summed E-state index contributed by atoms with van der Waals surface area (Å²) in [7, 11) is 0. The largest absolute Gasteiger partial charge is 0.334 e. The first-order valence-electron chi connectivity index (χ1n) is 6.72. The number of H-pyrrole nitrogens is 2. The molecule has 0 aliphatic heterocycles. The van der Waals surface area contributed by atoms with E-state index in [2.05, 4.69) is 20.6 Å². The first-order chi connectivity index (χ1) is 11.0. The van der Waals surface area contributed by atoms with E-state index in [-0.39, 0.29) is 17.3 Å². The summed E-state index contributed by atoms with van der Waals surface area (Å²) in [5.41, 5.74) is 2.18. The predicted octanol–water partition coefficient (Wildman–Crippen LogP) is 2.97. The summed E-state index contributed by atoms with van der Waals surface area (Å²) < 4.78 is 13.3. The van der Waals surface area contributed by atoms with Gasteiger partial charge in [-0.05, 0) is 35.9 Å². The molecule has 0 bridgehead atoms. The second-order valence-electron chi connectivity index (χ2n) is 4.90. The van der Waals surface area contributed by atoms with Crippen molar-refractivity contribution in [3.8, 4) is 0 Å². The van der Waals surface area contributed by atoms with Crippen LogP contribution < -0.4 is 16.3 Å². The lowest BCUT2D eigenvalue weighted by molar-refractivity contribution is 0.251. The van der Waals surface area contributed by atoms with E-state index in [0.29, 0.717) is 16.7 Å². The van der Waals surface area contributed by atoms with Crippen LogP contribution in [0.5, 0.6) is 0 Å². The summed E-state index contributed by atoms with van der Waals surface area (Å²) >= 11 is 5.58. The van der Waals surface area contributed by atoms with E-state index in [1.807, 2.05) is 0 Å². The molecule has 1 aromatic heterocycles. The third-order valence-electron chi connectivity index (χ3n) is 3.21. The smallest absolute Gasteiger partial charge is 0.323 e. The van der Waals surface area contributed by atoms with E-state index < -0.39 is 11.8 Å². The summed E-state index contributed by atoms with van der Waals surface area (Å²) in [5.74, 6) is -0.605. The summed E-state index contributed by atoms with van der Waals surface area (Å²) in [5, 5.41) is 5.14. The van der Waals surface area contributed by atoms with Crippen molar-refractivity contribution in [1.82, 2.24) is 15.3 Å². The molecule has 3 rings (SSSR count). The molecule has 0 aliphatic carbocycles. The number of benzene rings is 2. The van der Waals surface area contributed by atoms with E-state index >= 15 is 0 Å². The first-order valence-corrected chi connectivity index (χ1v) is 7.10. The summed E-state index contributed by atoms with van der Waals surface area (Å²) in [6, 6.07) is 8.82. The van der Waals surface area contributed by atoms with Gasteiger partial charge in [-0.25, -0.2) is 14.0 Å². The zero-order valence-corrected chi connectivity index (χ0v) is 12.5. The molecule has 23 heavy (non-hydrogen) atoms. The standard InChI is InChI=1S/C15H12ClFN4O2/c16-10-3-2-9(6-11(10)17)19-14(22)18-7-8-1-4-12-13(5-8)21-15(23)20-12/h1-6H,7H2,(H2,18,19,22)(H2,20,21,23). The van der Waals surface area contributed by atoms with Crippen LogP contribution in [0.25, 0.3) is 11.0 Å². The zero-order valence-electron chi connectivity index (χ0n) is 11.7. The van der Waals surface area contributed by atoms with Gasteiger partial charge in [-0.15, -0.1) is 0 Å². The molecule has 6 nitrogen and oxygen atoms in total. The number of urea groups is 1. The number of imidazole rings is 1. The third-order valence-corrected chi connectivity index (χ3v) is 3.52. The van der Waals surface area contributed by atoms with Crippen LogP contribution >= 0.6 is 11.6 Å². The second-order valence-corrected chi connectivity index (χ2v) is 5.30. The Morgan fingerprint density at radius 1 is 1.13 bits per heavy atom. The summed E-state index contributed by atoms with van der Waals surface area (Å²) in [4.78, 5) is 28.3. The van der Waals surface area contributed by atoms with Gasteiger partial charge in [0.25, 0.3) is 0 Å².